The van der Waals surface area contributed by atoms with Crippen LogP contribution in [0.1, 0.15) is 29.7 Å². The molecule has 0 aliphatic carbocycles. The Labute approximate surface area is 248 Å². The van der Waals surface area contributed by atoms with Crippen LogP contribution in [-0.2, 0) is 9.53 Å². The van der Waals surface area contributed by atoms with Gasteiger partial charge in [0, 0.05) is 5.56 Å². The van der Waals surface area contributed by atoms with Gasteiger partial charge in [0.1, 0.15) is 17.6 Å². The summed E-state index contributed by atoms with van der Waals surface area (Å²) in [5, 5.41) is 8.80. The normalized spacial score (nSPS) is 14.6. The molecule has 41 heavy (non-hydrogen) atoms. The molecule has 5 rings (SSSR count). The standard InChI is InChI=1S/C31H24BrN3O5S/c1-3-39-30(37)26-27(20-7-5-4-6-8-20)34-31-35(28(26)21-10-12-22(38-2)13-11-21)29(36)25(41-31)18-19-9-14-24(23(32)17-19)40-16-15-33/h4-14,17-18,28H,3,16H2,1-2H3/b25-18-/t28-/m0/s1. The number of methoxy groups -OCH3 is 1. The maximum absolute atomic E-state index is 14.0. The Morgan fingerprint density at radius 3 is 2.56 bits per heavy atom. The molecule has 2 heterocycles. The van der Waals surface area contributed by atoms with E-state index in [2.05, 4.69) is 15.9 Å². The third kappa shape index (κ3) is 5.73. The van der Waals surface area contributed by atoms with Crippen molar-refractivity contribution < 1.29 is 19.0 Å². The molecule has 1 aliphatic rings. The van der Waals surface area contributed by atoms with E-state index >= 15 is 0 Å². The average Bonchev–Trinajstić information content (AvgIpc) is 3.30. The zero-order chi connectivity index (χ0) is 28.9. The molecule has 0 N–H and O–H groups in total. The molecule has 1 aromatic heterocycles. The number of ether oxygens (including phenoxy) is 3. The number of hydrogen-bond donors (Lipinski definition) is 0. The summed E-state index contributed by atoms with van der Waals surface area (Å²) in [7, 11) is 1.58. The fraction of sp³-hybridized carbons (Fsp3) is 0.161. The van der Waals surface area contributed by atoms with Gasteiger partial charge < -0.3 is 14.2 Å². The van der Waals surface area contributed by atoms with Gasteiger partial charge in [-0.05, 0) is 64.3 Å². The van der Waals surface area contributed by atoms with Crippen LogP contribution < -0.4 is 24.4 Å². The Morgan fingerprint density at radius 1 is 1.15 bits per heavy atom. The number of esters is 1. The molecular formula is C31H24BrN3O5S. The highest BCUT2D eigenvalue weighted by atomic mass is 79.9. The van der Waals surface area contributed by atoms with Crippen molar-refractivity contribution in [3.8, 4) is 17.6 Å². The van der Waals surface area contributed by atoms with Crippen molar-refractivity contribution in [3.63, 3.8) is 0 Å². The van der Waals surface area contributed by atoms with Gasteiger partial charge in [-0.3, -0.25) is 9.36 Å². The summed E-state index contributed by atoms with van der Waals surface area (Å²) in [6.07, 6.45) is 1.77. The van der Waals surface area contributed by atoms with Crippen LogP contribution in [0.2, 0.25) is 0 Å². The Hall–Kier alpha value is -4.46. The Morgan fingerprint density at radius 2 is 1.90 bits per heavy atom. The van der Waals surface area contributed by atoms with E-state index in [0.29, 0.717) is 36.6 Å². The summed E-state index contributed by atoms with van der Waals surface area (Å²) in [6.45, 7) is 1.84. The lowest BCUT2D eigenvalue weighted by Crippen LogP contribution is -2.40. The van der Waals surface area contributed by atoms with Crippen molar-refractivity contribution in [1.82, 2.24) is 4.57 Å². The highest BCUT2D eigenvalue weighted by Gasteiger charge is 2.35. The number of carbonyl (C=O) groups is 1. The van der Waals surface area contributed by atoms with Gasteiger partial charge in [-0.15, -0.1) is 0 Å². The van der Waals surface area contributed by atoms with Crippen LogP contribution in [0.25, 0.3) is 11.8 Å². The molecule has 4 aromatic rings. The lowest BCUT2D eigenvalue weighted by atomic mass is 9.93. The molecule has 0 amide bonds. The van der Waals surface area contributed by atoms with Crippen LogP contribution in [-0.4, -0.2) is 30.9 Å². The van der Waals surface area contributed by atoms with Crippen molar-refractivity contribution >= 4 is 45.0 Å². The van der Waals surface area contributed by atoms with E-state index < -0.39 is 12.0 Å². The molecule has 0 saturated heterocycles. The number of fused-ring (bicyclic) bond motifs is 1. The molecule has 3 aromatic carbocycles. The van der Waals surface area contributed by atoms with E-state index in [1.54, 1.807) is 48.9 Å². The molecule has 0 radical (unpaired) electrons. The second kappa shape index (κ2) is 12.4. The zero-order valence-corrected chi connectivity index (χ0v) is 24.6. The Balaban J connectivity index is 1.74. The number of halogens is 1. The molecule has 0 saturated carbocycles. The van der Waals surface area contributed by atoms with Gasteiger partial charge in [-0.2, -0.15) is 5.26 Å². The van der Waals surface area contributed by atoms with E-state index in [0.717, 1.165) is 11.1 Å². The van der Waals surface area contributed by atoms with Gasteiger partial charge >= 0.3 is 5.97 Å². The zero-order valence-electron chi connectivity index (χ0n) is 22.2. The maximum Gasteiger partial charge on any atom is 0.338 e. The monoisotopic (exact) mass is 629 g/mol. The minimum atomic E-state index is -0.776. The second-order valence-corrected chi connectivity index (χ2v) is 10.7. The lowest BCUT2D eigenvalue weighted by Gasteiger charge is -2.26. The average molecular weight is 631 g/mol. The maximum atomic E-state index is 14.0. The van der Waals surface area contributed by atoms with Gasteiger partial charge in [-0.25, -0.2) is 9.79 Å². The summed E-state index contributed by atoms with van der Waals surface area (Å²) in [6, 6.07) is 23.2. The Bertz CT molecular complexity index is 1850. The number of thiazole rings is 1. The fourth-order valence-electron chi connectivity index (χ4n) is 4.53. The van der Waals surface area contributed by atoms with Gasteiger partial charge in [0.05, 0.1) is 40.0 Å². The summed E-state index contributed by atoms with van der Waals surface area (Å²) >= 11 is 4.71. The first-order chi connectivity index (χ1) is 19.9. The van der Waals surface area contributed by atoms with Gasteiger partial charge in [0.15, 0.2) is 11.4 Å². The largest absolute Gasteiger partial charge is 0.497 e. The Kier molecular flexibility index (Phi) is 8.47. The smallest absolute Gasteiger partial charge is 0.338 e. The second-order valence-electron chi connectivity index (χ2n) is 8.84. The molecule has 0 bridgehead atoms. The van der Waals surface area contributed by atoms with E-state index in [-0.39, 0.29) is 24.3 Å². The third-order valence-electron chi connectivity index (χ3n) is 6.35. The fourth-order valence-corrected chi connectivity index (χ4v) is 6.04. The van der Waals surface area contributed by atoms with Crippen molar-refractivity contribution in [2.75, 3.05) is 20.3 Å². The van der Waals surface area contributed by atoms with Crippen molar-refractivity contribution in [2.24, 2.45) is 4.99 Å². The minimum absolute atomic E-state index is 0.0749. The number of hydrogen-bond acceptors (Lipinski definition) is 8. The van der Waals surface area contributed by atoms with E-state index in [1.807, 2.05) is 54.6 Å². The SMILES string of the molecule is CCOC(=O)C1=C(c2ccccc2)N=c2s/c(=C\c3ccc(OCC#N)c(Br)c3)c(=O)n2[C@H]1c1ccc(OC)cc1. The molecule has 0 unspecified atom stereocenters. The number of aromatic nitrogens is 1. The lowest BCUT2D eigenvalue weighted by molar-refractivity contribution is -0.138. The van der Waals surface area contributed by atoms with Crippen molar-refractivity contribution in [3.05, 3.63) is 119 Å². The highest BCUT2D eigenvalue weighted by molar-refractivity contribution is 9.10. The van der Waals surface area contributed by atoms with Crippen LogP contribution in [0, 0.1) is 11.3 Å². The molecular weight excluding hydrogens is 606 g/mol. The molecule has 206 valence electrons. The summed E-state index contributed by atoms with van der Waals surface area (Å²) in [5.41, 5.74) is 2.66. The predicted octanol–water partition coefficient (Wildman–Crippen LogP) is 4.61. The summed E-state index contributed by atoms with van der Waals surface area (Å²) in [5.74, 6) is 0.636. The first kappa shape index (κ1) is 28.1. The summed E-state index contributed by atoms with van der Waals surface area (Å²) in [4.78, 5) is 32.8. The van der Waals surface area contributed by atoms with Crippen molar-refractivity contribution in [2.45, 2.75) is 13.0 Å². The quantitative estimate of drug-likeness (QED) is 0.264. The van der Waals surface area contributed by atoms with Gasteiger partial charge in [-0.1, -0.05) is 59.9 Å². The van der Waals surface area contributed by atoms with Crippen LogP contribution in [0.3, 0.4) is 0 Å². The van der Waals surface area contributed by atoms with Gasteiger partial charge in [0.25, 0.3) is 5.56 Å². The third-order valence-corrected chi connectivity index (χ3v) is 7.95. The number of carbonyl (C=O) groups excluding carboxylic acids is 1. The summed E-state index contributed by atoms with van der Waals surface area (Å²) < 4.78 is 18.9. The van der Waals surface area contributed by atoms with Crippen LogP contribution in [0.4, 0.5) is 0 Å². The topological polar surface area (TPSA) is 103 Å². The molecule has 0 fully saturated rings. The molecule has 0 spiro atoms. The first-order valence-electron chi connectivity index (χ1n) is 12.7. The van der Waals surface area contributed by atoms with Crippen LogP contribution in [0.5, 0.6) is 11.5 Å². The van der Waals surface area contributed by atoms with E-state index in [4.69, 9.17) is 24.5 Å². The predicted molar refractivity (Wildman–Crippen MR) is 159 cm³/mol. The first-order valence-corrected chi connectivity index (χ1v) is 14.3. The minimum Gasteiger partial charge on any atom is -0.497 e. The number of nitriles is 1. The van der Waals surface area contributed by atoms with Crippen molar-refractivity contribution in [1.29, 1.82) is 5.26 Å². The number of benzene rings is 3. The molecule has 8 nitrogen and oxygen atoms in total. The molecule has 1 aliphatic heterocycles. The van der Waals surface area contributed by atoms with Gasteiger partial charge in [0.2, 0.25) is 0 Å². The van der Waals surface area contributed by atoms with Crippen LogP contribution >= 0.6 is 27.3 Å². The number of rotatable bonds is 8. The molecule has 10 heteroatoms. The van der Waals surface area contributed by atoms with Crippen LogP contribution in [0.15, 0.2) is 92.6 Å². The van der Waals surface area contributed by atoms with E-state index in [9.17, 15) is 9.59 Å². The number of nitrogens with zero attached hydrogens (tertiary/aromatic N) is 3. The molecule has 1 atom stereocenters. The van der Waals surface area contributed by atoms with E-state index in [1.165, 1.54) is 11.3 Å². The highest BCUT2D eigenvalue weighted by Crippen LogP contribution is 2.35.